The van der Waals surface area contributed by atoms with E-state index in [0.717, 1.165) is 32.1 Å². The molecule has 0 unspecified atom stereocenters. The average Bonchev–Trinajstić information content (AvgIpc) is 2.51. The number of hydrogen-bond donors (Lipinski definition) is 5. The molecule has 0 spiro atoms. The molecular formula is C13H18ClN7O3. The summed E-state index contributed by atoms with van der Waals surface area (Å²) in [6.07, 6.45) is 3.75. The average molecular weight is 356 g/mol. The highest BCUT2D eigenvalue weighted by atomic mass is 35.5. The SMILES string of the molecule is N=C(NC(=O)OC1CCCCC1)NC(=O)c1nc(Cl)c(N)nc1N. The van der Waals surface area contributed by atoms with Crippen molar-refractivity contribution in [3.63, 3.8) is 0 Å². The summed E-state index contributed by atoms with van der Waals surface area (Å²) < 4.78 is 5.18. The van der Waals surface area contributed by atoms with Gasteiger partial charge in [-0.1, -0.05) is 18.0 Å². The molecule has 130 valence electrons. The molecule has 1 aromatic heterocycles. The van der Waals surface area contributed by atoms with Crippen LogP contribution in [0.1, 0.15) is 42.6 Å². The fourth-order valence-corrected chi connectivity index (χ4v) is 2.41. The van der Waals surface area contributed by atoms with Crippen LogP contribution in [-0.4, -0.2) is 34.0 Å². The number of nitrogens with one attached hydrogen (secondary N) is 3. The largest absolute Gasteiger partial charge is 0.446 e. The molecule has 1 saturated carbocycles. The van der Waals surface area contributed by atoms with E-state index in [0.29, 0.717) is 0 Å². The summed E-state index contributed by atoms with van der Waals surface area (Å²) in [5.41, 5.74) is 10.6. The first-order valence-electron chi connectivity index (χ1n) is 7.33. The minimum atomic E-state index is -0.857. The molecule has 0 radical (unpaired) electrons. The number of aromatic nitrogens is 2. The number of anilines is 2. The number of rotatable bonds is 2. The quantitative estimate of drug-likeness (QED) is 0.389. The van der Waals surface area contributed by atoms with Crippen LogP contribution in [0, 0.1) is 5.41 Å². The third kappa shape index (κ3) is 4.69. The highest BCUT2D eigenvalue weighted by molar-refractivity contribution is 6.31. The molecule has 7 N–H and O–H groups in total. The van der Waals surface area contributed by atoms with Crippen molar-refractivity contribution in [3.05, 3.63) is 10.8 Å². The summed E-state index contributed by atoms with van der Waals surface area (Å²) in [6, 6.07) is 0. The monoisotopic (exact) mass is 355 g/mol. The number of nitrogens with two attached hydrogens (primary N) is 2. The lowest BCUT2D eigenvalue weighted by atomic mass is 9.98. The summed E-state index contributed by atoms with van der Waals surface area (Å²) in [6.45, 7) is 0. The van der Waals surface area contributed by atoms with Crippen LogP contribution >= 0.6 is 11.6 Å². The van der Waals surface area contributed by atoms with Crippen molar-refractivity contribution in [1.29, 1.82) is 5.41 Å². The second kappa shape index (κ2) is 7.77. The van der Waals surface area contributed by atoms with Gasteiger partial charge >= 0.3 is 6.09 Å². The fraction of sp³-hybridized carbons (Fsp3) is 0.462. The van der Waals surface area contributed by atoms with Crippen LogP contribution in [-0.2, 0) is 4.74 Å². The third-order valence-electron chi connectivity index (χ3n) is 3.41. The summed E-state index contributed by atoms with van der Waals surface area (Å²) in [5, 5.41) is 11.6. The minimum absolute atomic E-state index is 0.116. The van der Waals surface area contributed by atoms with Gasteiger partial charge < -0.3 is 16.2 Å². The molecule has 0 saturated heterocycles. The van der Waals surface area contributed by atoms with Crippen molar-refractivity contribution in [2.45, 2.75) is 38.2 Å². The molecule has 1 aliphatic rings. The Morgan fingerprint density at radius 1 is 1.12 bits per heavy atom. The molecule has 0 aromatic carbocycles. The zero-order valence-corrected chi connectivity index (χ0v) is 13.5. The van der Waals surface area contributed by atoms with Crippen LogP contribution in [0.25, 0.3) is 0 Å². The van der Waals surface area contributed by atoms with Crippen molar-refractivity contribution in [2.75, 3.05) is 11.5 Å². The van der Waals surface area contributed by atoms with Gasteiger partial charge in [-0.15, -0.1) is 0 Å². The Labute approximate surface area is 142 Å². The van der Waals surface area contributed by atoms with Crippen molar-refractivity contribution in [1.82, 2.24) is 20.6 Å². The maximum atomic E-state index is 12.0. The first-order valence-corrected chi connectivity index (χ1v) is 7.70. The zero-order valence-electron chi connectivity index (χ0n) is 12.8. The summed E-state index contributed by atoms with van der Waals surface area (Å²) in [5.74, 6) is -1.79. The van der Waals surface area contributed by atoms with E-state index in [2.05, 4.69) is 20.6 Å². The van der Waals surface area contributed by atoms with E-state index >= 15 is 0 Å². The molecule has 10 nitrogen and oxygen atoms in total. The van der Waals surface area contributed by atoms with Gasteiger partial charge in [0.2, 0.25) is 5.96 Å². The molecule has 2 rings (SSSR count). The molecule has 1 fully saturated rings. The van der Waals surface area contributed by atoms with Gasteiger partial charge in [0.15, 0.2) is 22.5 Å². The molecule has 2 amide bonds. The number of ether oxygens (including phenoxy) is 1. The van der Waals surface area contributed by atoms with Crippen LogP contribution in [0.4, 0.5) is 16.4 Å². The van der Waals surface area contributed by atoms with E-state index in [1.54, 1.807) is 0 Å². The van der Waals surface area contributed by atoms with E-state index in [1.807, 2.05) is 0 Å². The van der Waals surface area contributed by atoms with Gasteiger partial charge in [-0.2, -0.15) is 0 Å². The Morgan fingerprint density at radius 3 is 2.46 bits per heavy atom. The molecule has 1 heterocycles. The Kier molecular flexibility index (Phi) is 5.74. The smallest absolute Gasteiger partial charge is 0.414 e. The number of hydrogen-bond acceptors (Lipinski definition) is 8. The number of amides is 2. The minimum Gasteiger partial charge on any atom is -0.446 e. The van der Waals surface area contributed by atoms with E-state index in [-0.39, 0.29) is 28.6 Å². The van der Waals surface area contributed by atoms with Crippen LogP contribution in [0.5, 0.6) is 0 Å². The molecule has 0 bridgehead atoms. The highest BCUT2D eigenvalue weighted by Crippen LogP contribution is 2.20. The lowest BCUT2D eigenvalue weighted by Crippen LogP contribution is -2.44. The maximum absolute atomic E-state index is 12.0. The van der Waals surface area contributed by atoms with Gasteiger partial charge in [0.05, 0.1) is 0 Å². The Morgan fingerprint density at radius 2 is 1.79 bits per heavy atom. The van der Waals surface area contributed by atoms with Crippen molar-refractivity contribution >= 4 is 41.2 Å². The topological polar surface area (TPSA) is 169 Å². The fourth-order valence-electron chi connectivity index (χ4n) is 2.28. The molecular weight excluding hydrogens is 338 g/mol. The summed E-state index contributed by atoms with van der Waals surface area (Å²) in [7, 11) is 0. The standard InChI is InChI=1S/C13H18ClN7O3/c14-8-10(16)19-9(15)7(18-8)11(22)20-12(17)21-13(23)24-6-4-2-1-3-5-6/h6H,1-5H2,(H4,15,16,19)(H3,17,20,21,22,23). The van der Waals surface area contributed by atoms with Crippen molar-refractivity contribution in [2.24, 2.45) is 0 Å². The second-order valence-corrected chi connectivity index (χ2v) is 5.61. The predicted octanol–water partition coefficient (Wildman–Crippen LogP) is 1.02. The number of carbonyl (C=O) groups excluding carboxylic acids is 2. The number of nitrogens with zero attached hydrogens (tertiary/aromatic N) is 2. The van der Waals surface area contributed by atoms with Gasteiger partial charge in [0, 0.05) is 0 Å². The van der Waals surface area contributed by atoms with Crippen LogP contribution in [0.15, 0.2) is 0 Å². The van der Waals surface area contributed by atoms with Crippen molar-refractivity contribution < 1.29 is 14.3 Å². The Hall–Kier alpha value is -2.62. The molecule has 0 atom stereocenters. The third-order valence-corrected chi connectivity index (χ3v) is 3.69. The Bertz CT molecular complexity index is 661. The van der Waals surface area contributed by atoms with E-state index < -0.39 is 18.0 Å². The van der Waals surface area contributed by atoms with E-state index in [4.69, 9.17) is 33.2 Å². The van der Waals surface area contributed by atoms with Gasteiger partial charge in [-0.05, 0) is 25.7 Å². The number of nitrogen functional groups attached to an aromatic ring is 2. The highest BCUT2D eigenvalue weighted by Gasteiger charge is 2.20. The number of guanidine groups is 1. The lowest BCUT2D eigenvalue weighted by molar-refractivity contribution is 0.0788. The zero-order chi connectivity index (χ0) is 17.7. The summed E-state index contributed by atoms with van der Waals surface area (Å²) >= 11 is 5.68. The summed E-state index contributed by atoms with van der Waals surface area (Å²) in [4.78, 5) is 31.0. The number of halogens is 1. The van der Waals surface area contributed by atoms with Gasteiger partial charge in [-0.3, -0.25) is 20.8 Å². The lowest BCUT2D eigenvalue weighted by Gasteiger charge is -2.21. The van der Waals surface area contributed by atoms with Gasteiger partial charge in [0.25, 0.3) is 5.91 Å². The molecule has 1 aliphatic carbocycles. The first kappa shape index (κ1) is 17.7. The van der Waals surface area contributed by atoms with Crippen LogP contribution < -0.4 is 22.1 Å². The molecule has 1 aromatic rings. The molecule has 11 heteroatoms. The van der Waals surface area contributed by atoms with Crippen molar-refractivity contribution in [3.8, 4) is 0 Å². The van der Waals surface area contributed by atoms with Crippen LogP contribution in [0.2, 0.25) is 5.15 Å². The number of alkyl carbamates (subject to hydrolysis) is 1. The first-order chi connectivity index (χ1) is 11.4. The van der Waals surface area contributed by atoms with Gasteiger partial charge in [0.1, 0.15) is 6.10 Å². The van der Waals surface area contributed by atoms with E-state index in [9.17, 15) is 9.59 Å². The second-order valence-electron chi connectivity index (χ2n) is 5.25. The Balaban J connectivity index is 1.88. The predicted molar refractivity (Wildman–Crippen MR) is 87.5 cm³/mol. The van der Waals surface area contributed by atoms with Gasteiger partial charge in [-0.25, -0.2) is 14.8 Å². The van der Waals surface area contributed by atoms with E-state index in [1.165, 1.54) is 0 Å². The maximum Gasteiger partial charge on any atom is 0.414 e. The molecule has 0 aliphatic heterocycles. The normalized spacial score (nSPS) is 14.7. The van der Waals surface area contributed by atoms with Crippen LogP contribution in [0.3, 0.4) is 0 Å². The number of carbonyl (C=O) groups is 2. The molecule has 24 heavy (non-hydrogen) atoms.